The molecule has 0 unspecified atom stereocenters. The van der Waals surface area contributed by atoms with Gasteiger partial charge in [0.2, 0.25) is 0 Å². The first kappa shape index (κ1) is 15.7. The van der Waals surface area contributed by atoms with E-state index in [2.05, 4.69) is 31.4 Å². The molecule has 0 fully saturated rings. The van der Waals surface area contributed by atoms with Gasteiger partial charge in [0.05, 0.1) is 10.6 Å². The van der Waals surface area contributed by atoms with Gasteiger partial charge in [0, 0.05) is 16.3 Å². The Kier molecular flexibility index (Phi) is 4.73. The van der Waals surface area contributed by atoms with Crippen LogP contribution in [0, 0.1) is 10.1 Å². The summed E-state index contributed by atoms with van der Waals surface area (Å²) in [6, 6.07) is 14.3. The lowest BCUT2D eigenvalue weighted by molar-refractivity contribution is -0.384. The number of halogens is 1. The highest BCUT2D eigenvalue weighted by Crippen LogP contribution is 2.28. The second-order valence-electron chi connectivity index (χ2n) is 4.63. The summed E-state index contributed by atoms with van der Waals surface area (Å²) < 4.78 is 0.988. The number of hydrazone groups is 1. The highest BCUT2D eigenvalue weighted by atomic mass is 79.9. The van der Waals surface area contributed by atoms with E-state index < -0.39 is 4.92 Å². The van der Waals surface area contributed by atoms with Gasteiger partial charge >= 0.3 is 0 Å². The number of hydrogen-bond donors (Lipinski definition) is 1. The number of benzene rings is 2. The molecule has 8 heteroatoms. The molecule has 23 heavy (non-hydrogen) atoms. The van der Waals surface area contributed by atoms with Crippen LogP contribution in [0.15, 0.2) is 63.1 Å². The van der Waals surface area contributed by atoms with Crippen LogP contribution in [0.25, 0.3) is 0 Å². The van der Waals surface area contributed by atoms with Crippen LogP contribution in [-0.4, -0.2) is 21.6 Å². The number of nitrogens with one attached hydrogen (secondary N) is 1. The van der Waals surface area contributed by atoms with E-state index in [1.807, 2.05) is 24.3 Å². The van der Waals surface area contributed by atoms with Crippen LogP contribution in [0.1, 0.15) is 5.56 Å². The summed E-state index contributed by atoms with van der Waals surface area (Å²) in [6.07, 6.45) is 0. The number of amidine groups is 1. The Morgan fingerprint density at radius 2 is 2.09 bits per heavy atom. The monoisotopic (exact) mass is 390 g/mol. The number of hydrogen-bond acceptors (Lipinski definition) is 5. The first-order chi connectivity index (χ1) is 11.1. The Morgan fingerprint density at radius 1 is 1.26 bits per heavy atom. The fourth-order valence-electron chi connectivity index (χ4n) is 2.01. The van der Waals surface area contributed by atoms with E-state index in [-0.39, 0.29) is 5.69 Å². The van der Waals surface area contributed by atoms with Crippen molar-refractivity contribution in [1.29, 1.82) is 0 Å². The van der Waals surface area contributed by atoms with Crippen LogP contribution < -0.4 is 5.43 Å². The highest BCUT2D eigenvalue weighted by Gasteiger charge is 2.16. The summed E-state index contributed by atoms with van der Waals surface area (Å²) in [5.74, 6) is 0.642. The molecule has 1 aliphatic rings. The number of rotatable bonds is 3. The van der Waals surface area contributed by atoms with Crippen LogP contribution >= 0.6 is 27.7 Å². The van der Waals surface area contributed by atoms with Crippen LogP contribution in [0.4, 0.5) is 11.4 Å². The Balaban J connectivity index is 1.82. The fraction of sp³-hybridized carbons (Fsp3) is 0.0667. The van der Waals surface area contributed by atoms with E-state index in [0.717, 1.165) is 15.7 Å². The Morgan fingerprint density at radius 3 is 2.78 bits per heavy atom. The number of nitro benzene ring substituents is 1. The van der Waals surface area contributed by atoms with Crippen molar-refractivity contribution in [2.75, 3.05) is 5.75 Å². The lowest BCUT2D eigenvalue weighted by atomic mass is 10.1. The summed E-state index contributed by atoms with van der Waals surface area (Å²) in [5.41, 5.74) is 5.07. The highest BCUT2D eigenvalue weighted by molar-refractivity contribution is 9.10. The van der Waals surface area contributed by atoms with Crippen molar-refractivity contribution >= 4 is 49.9 Å². The van der Waals surface area contributed by atoms with E-state index in [9.17, 15) is 10.1 Å². The van der Waals surface area contributed by atoms with Gasteiger partial charge in [-0.2, -0.15) is 5.10 Å². The quantitative estimate of drug-likeness (QED) is 0.632. The van der Waals surface area contributed by atoms with Gasteiger partial charge < -0.3 is 0 Å². The van der Waals surface area contributed by atoms with Gasteiger partial charge in [-0.25, -0.2) is 4.99 Å². The Hall–Kier alpha value is -2.19. The van der Waals surface area contributed by atoms with Crippen LogP contribution in [0.2, 0.25) is 0 Å². The largest absolute Gasteiger partial charge is 0.294 e. The van der Waals surface area contributed by atoms with Crippen LogP contribution in [0.3, 0.4) is 0 Å². The van der Waals surface area contributed by atoms with Gasteiger partial charge in [-0.15, -0.1) is 0 Å². The van der Waals surface area contributed by atoms with Crippen molar-refractivity contribution in [3.8, 4) is 0 Å². The number of aliphatic imine (C=N–C) groups is 1. The smallest absolute Gasteiger partial charge is 0.258 e. The van der Waals surface area contributed by atoms with Crippen molar-refractivity contribution in [3.63, 3.8) is 0 Å². The summed E-state index contributed by atoms with van der Waals surface area (Å²) in [6.45, 7) is 0. The molecule has 0 radical (unpaired) electrons. The van der Waals surface area contributed by atoms with E-state index in [4.69, 9.17) is 0 Å². The van der Waals surface area contributed by atoms with Gasteiger partial charge in [0.1, 0.15) is 5.69 Å². The molecule has 2 aromatic rings. The molecule has 0 saturated carbocycles. The minimum Gasteiger partial charge on any atom is -0.258 e. The number of nitrogens with zero attached hydrogens (tertiary/aromatic N) is 3. The molecule has 116 valence electrons. The fourth-order valence-corrected chi connectivity index (χ4v) is 3.19. The zero-order valence-corrected chi connectivity index (χ0v) is 14.2. The molecule has 0 aliphatic carbocycles. The Bertz CT molecular complexity index is 823. The molecule has 0 spiro atoms. The molecule has 6 nitrogen and oxygen atoms in total. The molecule has 1 aliphatic heterocycles. The average molecular weight is 391 g/mol. The molecule has 0 saturated heterocycles. The first-order valence-electron chi connectivity index (χ1n) is 6.67. The van der Waals surface area contributed by atoms with Crippen molar-refractivity contribution in [3.05, 3.63) is 68.7 Å². The minimum absolute atomic E-state index is 0.0239. The van der Waals surface area contributed by atoms with E-state index in [1.54, 1.807) is 18.2 Å². The van der Waals surface area contributed by atoms with Gasteiger partial charge in [-0.1, -0.05) is 52.0 Å². The molecule has 0 bridgehead atoms. The Labute approximate surface area is 145 Å². The molecule has 1 N–H and O–H groups in total. The second kappa shape index (κ2) is 6.93. The van der Waals surface area contributed by atoms with Gasteiger partial charge in [-0.3, -0.25) is 15.5 Å². The van der Waals surface area contributed by atoms with Crippen molar-refractivity contribution in [2.45, 2.75) is 0 Å². The maximum atomic E-state index is 11.0. The van der Waals surface area contributed by atoms with Crippen LogP contribution in [0.5, 0.6) is 0 Å². The summed E-state index contributed by atoms with van der Waals surface area (Å²) in [5, 5.41) is 15.9. The minimum atomic E-state index is -0.441. The van der Waals surface area contributed by atoms with E-state index >= 15 is 0 Å². The van der Waals surface area contributed by atoms with Gasteiger partial charge in [-0.05, 0) is 23.8 Å². The average Bonchev–Trinajstić information content (AvgIpc) is 2.56. The maximum absolute atomic E-state index is 11.0. The summed E-state index contributed by atoms with van der Waals surface area (Å²) in [7, 11) is 0. The van der Waals surface area contributed by atoms with Crippen molar-refractivity contribution in [2.24, 2.45) is 10.1 Å². The lowest BCUT2D eigenvalue weighted by Gasteiger charge is -2.15. The molecule has 2 aromatic carbocycles. The molecule has 0 atom stereocenters. The molecule has 1 heterocycles. The summed E-state index contributed by atoms with van der Waals surface area (Å²) in [4.78, 5) is 14.9. The van der Waals surface area contributed by atoms with E-state index in [0.29, 0.717) is 16.6 Å². The zero-order chi connectivity index (χ0) is 16.2. The number of thioether (sulfide) groups is 1. The zero-order valence-electron chi connectivity index (χ0n) is 11.8. The predicted octanol–water partition coefficient (Wildman–Crippen LogP) is 4.09. The third kappa shape index (κ3) is 3.77. The third-order valence-electron chi connectivity index (χ3n) is 3.09. The van der Waals surface area contributed by atoms with Crippen molar-refractivity contribution < 1.29 is 4.92 Å². The molecule has 3 rings (SSSR count). The first-order valence-corrected chi connectivity index (χ1v) is 8.45. The molecular formula is C15H11BrN4O2S. The van der Waals surface area contributed by atoms with Crippen LogP contribution in [-0.2, 0) is 0 Å². The normalized spacial score (nSPS) is 15.9. The maximum Gasteiger partial charge on any atom is 0.294 e. The van der Waals surface area contributed by atoms with E-state index in [1.165, 1.54) is 17.8 Å². The molecular weight excluding hydrogens is 380 g/mol. The number of para-hydroxylation sites is 2. The number of nitro groups is 1. The van der Waals surface area contributed by atoms with Gasteiger partial charge in [0.15, 0.2) is 5.17 Å². The second-order valence-corrected chi connectivity index (χ2v) is 6.51. The third-order valence-corrected chi connectivity index (χ3v) is 4.46. The van der Waals surface area contributed by atoms with Crippen molar-refractivity contribution in [1.82, 2.24) is 5.43 Å². The molecule has 0 amide bonds. The topological polar surface area (TPSA) is 79.9 Å². The van der Waals surface area contributed by atoms with Gasteiger partial charge in [0.25, 0.3) is 5.69 Å². The molecule has 0 aromatic heterocycles. The summed E-state index contributed by atoms with van der Waals surface area (Å²) >= 11 is 4.89. The SMILES string of the molecule is O=[N+]([O-])c1ccccc1N=C1NN=C(c2cccc(Br)c2)CS1. The standard InChI is InChI=1S/C15H11BrN4O2S/c16-11-5-3-4-10(8-11)13-9-23-15(19-18-13)17-12-6-1-2-7-14(12)20(21)22/h1-8H,9H2,(H,17,19). The predicted molar refractivity (Wildman–Crippen MR) is 96.5 cm³/mol. The lowest BCUT2D eigenvalue weighted by Crippen LogP contribution is -2.25.